The minimum absolute atomic E-state index is 0.0676. The minimum atomic E-state index is 0.0676. The molecular formula is C14H22N2. The lowest BCUT2D eigenvalue weighted by Crippen LogP contribution is -2.54. The van der Waals surface area contributed by atoms with E-state index in [4.69, 9.17) is 5.73 Å². The second kappa shape index (κ2) is 4.46. The Bertz CT molecular complexity index is 338. The number of hydrogen-bond acceptors (Lipinski definition) is 2. The van der Waals surface area contributed by atoms with E-state index in [0.29, 0.717) is 0 Å². The highest BCUT2D eigenvalue weighted by Crippen LogP contribution is 2.30. The molecule has 1 aromatic carbocycles. The van der Waals surface area contributed by atoms with E-state index >= 15 is 0 Å². The average molecular weight is 218 g/mol. The number of hydrogen-bond donors (Lipinski definition) is 1. The Kier molecular flexibility index (Phi) is 3.20. The van der Waals surface area contributed by atoms with Crippen LogP contribution in [0.4, 0.5) is 5.69 Å². The molecule has 0 unspecified atom stereocenters. The molecule has 0 spiro atoms. The summed E-state index contributed by atoms with van der Waals surface area (Å²) in [6.45, 7) is 3.15. The molecule has 2 heteroatoms. The third-order valence-corrected chi connectivity index (χ3v) is 3.69. The van der Waals surface area contributed by atoms with Crippen molar-refractivity contribution in [3.05, 3.63) is 29.8 Å². The van der Waals surface area contributed by atoms with E-state index in [1.165, 1.54) is 30.5 Å². The molecule has 16 heavy (non-hydrogen) atoms. The lowest BCUT2D eigenvalue weighted by atomic mass is 9.77. The zero-order valence-electron chi connectivity index (χ0n) is 10.4. The zero-order chi connectivity index (χ0) is 11.6. The fraction of sp³-hybridized carbons (Fsp3) is 0.571. The van der Waals surface area contributed by atoms with Crippen LogP contribution in [0.1, 0.15) is 31.7 Å². The molecule has 0 aliphatic heterocycles. The lowest BCUT2D eigenvalue weighted by Gasteiger charge is -2.41. The van der Waals surface area contributed by atoms with Crippen molar-refractivity contribution in [3.8, 4) is 0 Å². The Labute approximate surface area is 98.4 Å². The summed E-state index contributed by atoms with van der Waals surface area (Å²) in [7, 11) is 2.13. The molecule has 1 aliphatic rings. The molecule has 1 aromatic rings. The van der Waals surface area contributed by atoms with Gasteiger partial charge < -0.3 is 10.6 Å². The van der Waals surface area contributed by atoms with Crippen LogP contribution in [0.25, 0.3) is 0 Å². The van der Waals surface area contributed by atoms with Gasteiger partial charge in [0.05, 0.1) is 0 Å². The number of nitrogens with zero attached hydrogens (tertiary/aromatic N) is 1. The van der Waals surface area contributed by atoms with Gasteiger partial charge in [0.2, 0.25) is 0 Å². The average Bonchev–Trinajstić information content (AvgIpc) is 2.27. The molecule has 0 bridgehead atoms. The van der Waals surface area contributed by atoms with Crippen molar-refractivity contribution in [3.63, 3.8) is 0 Å². The van der Waals surface area contributed by atoms with Crippen LogP contribution >= 0.6 is 0 Å². The number of aryl methyl sites for hydroxylation is 1. The summed E-state index contributed by atoms with van der Waals surface area (Å²) < 4.78 is 0. The van der Waals surface area contributed by atoms with Gasteiger partial charge in [0, 0.05) is 24.8 Å². The molecule has 0 aromatic heterocycles. The molecule has 1 saturated carbocycles. The summed E-state index contributed by atoms with van der Waals surface area (Å²) in [5.74, 6) is 0. The first-order valence-corrected chi connectivity index (χ1v) is 6.22. The van der Waals surface area contributed by atoms with Gasteiger partial charge in [0.15, 0.2) is 0 Å². The van der Waals surface area contributed by atoms with E-state index < -0.39 is 0 Å². The predicted octanol–water partition coefficient (Wildman–Crippen LogP) is 2.57. The number of likely N-dealkylation sites (N-methyl/N-ethyl adjacent to an activating group) is 1. The van der Waals surface area contributed by atoms with Crippen LogP contribution in [0.15, 0.2) is 24.3 Å². The quantitative estimate of drug-likeness (QED) is 0.841. The second-order valence-corrected chi connectivity index (χ2v) is 5.09. The Morgan fingerprint density at radius 1 is 1.25 bits per heavy atom. The van der Waals surface area contributed by atoms with Crippen LogP contribution in [0.3, 0.4) is 0 Å². The largest absolute Gasteiger partial charge is 0.373 e. The van der Waals surface area contributed by atoms with Gasteiger partial charge in [0.1, 0.15) is 0 Å². The third-order valence-electron chi connectivity index (χ3n) is 3.69. The first kappa shape index (κ1) is 11.5. The number of anilines is 1. The summed E-state index contributed by atoms with van der Waals surface area (Å²) in [4.78, 5) is 2.28. The Morgan fingerprint density at radius 2 is 1.88 bits per heavy atom. The topological polar surface area (TPSA) is 29.3 Å². The Morgan fingerprint density at radius 3 is 2.31 bits per heavy atom. The van der Waals surface area contributed by atoms with Crippen LogP contribution in [-0.4, -0.2) is 19.1 Å². The maximum absolute atomic E-state index is 6.26. The summed E-state index contributed by atoms with van der Waals surface area (Å²) in [6.07, 6.45) is 4.73. The van der Waals surface area contributed by atoms with E-state index in [1.807, 2.05) is 0 Å². The van der Waals surface area contributed by atoms with Gasteiger partial charge in [-0.3, -0.25) is 0 Å². The number of nitrogens with two attached hydrogens (primary N) is 1. The van der Waals surface area contributed by atoms with Crippen molar-refractivity contribution in [2.75, 3.05) is 18.5 Å². The maximum atomic E-state index is 6.26. The van der Waals surface area contributed by atoms with Gasteiger partial charge in [-0.15, -0.1) is 0 Å². The van der Waals surface area contributed by atoms with Crippen molar-refractivity contribution in [1.82, 2.24) is 0 Å². The third kappa shape index (κ3) is 2.38. The molecule has 0 atom stereocenters. The van der Waals surface area contributed by atoms with E-state index in [2.05, 4.69) is 43.1 Å². The Balaban J connectivity index is 1.99. The van der Waals surface area contributed by atoms with E-state index in [9.17, 15) is 0 Å². The van der Waals surface area contributed by atoms with Gasteiger partial charge in [-0.25, -0.2) is 0 Å². The molecule has 1 fully saturated rings. The zero-order valence-corrected chi connectivity index (χ0v) is 10.4. The minimum Gasteiger partial charge on any atom is -0.373 e. The highest BCUT2D eigenvalue weighted by Gasteiger charge is 2.33. The molecule has 0 saturated heterocycles. The van der Waals surface area contributed by atoms with Crippen molar-refractivity contribution >= 4 is 5.69 Å². The smallest absolute Gasteiger partial charge is 0.0364 e. The molecule has 1 aliphatic carbocycles. The summed E-state index contributed by atoms with van der Waals surface area (Å²) >= 11 is 0. The SMILES string of the molecule is CCc1ccc(N(C)CC2(N)CCC2)cc1. The first-order valence-electron chi connectivity index (χ1n) is 6.22. The summed E-state index contributed by atoms with van der Waals surface area (Å²) in [5.41, 5.74) is 8.99. The molecular weight excluding hydrogens is 196 g/mol. The summed E-state index contributed by atoms with van der Waals surface area (Å²) in [6, 6.07) is 8.80. The van der Waals surface area contributed by atoms with Gasteiger partial charge >= 0.3 is 0 Å². The van der Waals surface area contributed by atoms with Crippen LogP contribution < -0.4 is 10.6 Å². The molecule has 0 radical (unpaired) electrons. The van der Waals surface area contributed by atoms with Gasteiger partial charge in [0.25, 0.3) is 0 Å². The number of rotatable bonds is 4. The van der Waals surface area contributed by atoms with Crippen LogP contribution in [0.2, 0.25) is 0 Å². The van der Waals surface area contributed by atoms with Crippen molar-refractivity contribution < 1.29 is 0 Å². The molecule has 2 rings (SSSR count). The molecule has 0 amide bonds. The Hall–Kier alpha value is -1.02. The van der Waals surface area contributed by atoms with E-state index in [-0.39, 0.29) is 5.54 Å². The van der Waals surface area contributed by atoms with Crippen molar-refractivity contribution in [1.29, 1.82) is 0 Å². The van der Waals surface area contributed by atoms with Crippen LogP contribution in [-0.2, 0) is 6.42 Å². The van der Waals surface area contributed by atoms with Crippen molar-refractivity contribution in [2.24, 2.45) is 5.73 Å². The van der Waals surface area contributed by atoms with Gasteiger partial charge in [-0.05, 0) is 43.4 Å². The first-order chi connectivity index (χ1) is 7.63. The summed E-state index contributed by atoms with van der Waals surface area (Å²) in [5, 5.41) is 0. The maximum Gasteiger partial charge on any atom is 0.0364 e. The van der Waals surface area contributed by atoms with Gasteiger partial charge in [-0.2, -0.15) is 0 Å². The molecule has 2 N–H and O–H groups in total. The molecule has 0 heterocycles. The van der Waals surface area contributed by atoms with E-state index in [1.54, 1.807) is 0 Å². The van der Waals surface area contributed by atoms with Crippen LogP contribution in [0.5, 0.6) is 0 Å². The standard InChI is InChI=1S/C14H22N2/c1-3-12-5-7-13(8-6-12)16(2)11-14(15)9-4-10-14/h5-8H,3-4,9-11,15H2,1-2H3. The fourth-order valence-corrected chi connectivity index (χ4v) is 2.34. The molecule has 88 valence electrons. The lowest BCUT2D eigenvalue weighted by molar-refractivity contribution is 0.255. The van der Waals surface area contributed by atoms with Gasteiger partial charge in [-0.1, -0.05) is 19.1 Å². The second-order valence-electron chi connectivity index (χ2n) is 5.09. The normalized spacial score (nSPS) is 17.9. The highest BCUT2D eigenvalue weighted by molar-refractivity contribution is 5.47. The fourth-order valence-electron chi connectivity index (χ4n) is 2.34. The predicted molar refractivity (Wildman–Crippen MR) is 69.9 cm³/mol. The number of benzene rings is 1. The monoisotopic (exact) mass is 218 g/mol. The van der Waals surface area contributed by atoms with Crippen molar-refractivity contribution in [2.45, 2.75) is 38.1 Å². The van der Waals surface area contributed by atoms with E-state index in [0.717, 1.165) is 13.0 Å². The van der Waals surface area contributed by atoms with Crippen LogP contribution in [0, 0.1) is 0 Å². The molecule has 2 nitrogen and oxygen atoms in total. The highest BCUT2D eigenvalue weighted by atomic mass is 15.1.